The van der Waals surface area contributed by atoms with Gasteiger partial charge in [0.2, 0.25) is 5.91 Å². The topological polar surface area (TPSA) is 53.5 Å². The molecule has 1 aliphatic heterocycles. The van der Waals surface area contributed by atoms with Gasteiger partial charge >= 0.3 is 0 Å². The zero-order valence-electron chi connectivity index (χ0n) is 16.1. The van der Waals surface area contributed by atoms with Gasteiger partial charge in [0.1, 0.15) is 5.01 Å². The van der Waals surface area contributed by atoms with Gasteiger partial charge in [-0.15, -0.1) is 11.3 Å². The molecule has 1 fully saturated rings. The maximum absolute atomic E-state index is 12.7. The first-order valence-electron chi connectivity index (χ1n) is 9.53. The number of hydrogen-bond donors (Lipinski definition) is 0. The Kier molecular flexibility index (Phi) is 6.37. The summed E-state index contributed by atoms with van der Waals surface area (Å²) in [6.07, 6.45) is 0.242. The van der Waals surface area contributed by atoms with E-state index in [0.29, 0.717) is 41.8 Å². The number of rotatable bonds is 4. The van der Waals surface area contributed by atoms with E-state index in [-0.39, 0.29) is 18.2 Å². The van der Waals surface area contributed by atoms with Gasteiger partial charge in [-0.25, -0.2) is 4.98 Å². The number of amides is 2. The van der Waals surface area contributed by atoms with E-state index in [1.165, 1.54) is 11.3 Å². The molecule has 0 bridgehead atoms. The normalized spacial score (nSPS) is 14.1. The Morgan fingerprint density at radius 1 is 0.933 bits per heavy atom. The van der Waals surface area contributed by atoms with Gasteiger partial charge in [-0.2, -0.15) is 0 Å². The second-order valence-corrected chi connectivity index (χ2v) is 8.68. The van der Waals surface area contributed by atoms with Gasteiger partial charge in [0.15, 0.2) is 0 Å². The van der Waals surface area contributed by atoms with Crippen LogP contribution in [0.5, 0.6) is 0 Å². The fourth-order valence-corrected chi connectivity index (χ4v) is 4.61. The third-order valence-electron chi connectivity index (χ3n) is 5.00. The monoisotopic (exact) mass is 459 g/mol. The molecule has 0 atom stereocenters. The zero-order chi connectivity index (χ0) is 21.1. The second-order valence-electron chi connectivity index (χ2n) is 6.98. The summed E-state index contributed by atoms with van der Waals surface area (Å²) in [6.45, 7) is 2.05. The van der Waals surface area contributed by atoms with Gasteiger partial charge in [0.25, 0.3) is 5.91 Å². The first-order chi connectivity index (χ1) is 14.5. The summed E-state index contributed by atoms with van der Waals surface area (Å²) in [5, 5.41) is 3.95. The highest BCUT2D eigenvalue weighted by Crippen LogP contribution is 2.30. The molecule has 5 nitrogen and oxygen atoms in total. The molecular formula is C22H19Cl2N3O2S. The average molecular weight is 460 g/mol. The summed E-state index contributed by atoms with van der Waals surface area (Å²) in [6, 6.07) is 14.4. The molecule has 4 rings (SSSR count). The van der Waals surface area contributed by atoms with Crippen LogP contribution in [0.3, 0.4) is 0 Å². The number of benzene rings is 2. The summed E-state index contributed by atoms with van der Waals surface area (Å²) in [5.41, 5.74) is 2.21. The third-order valence-corrected chi connectivity index (χ3v) is 6.51. The Hall–Kier alpha value is -2.41. The molecule has 3 aromatic rings. The Labute approximate surface area is 188 Å². The summed E-state index contributed by atoms with van der Waals surface area (Å²) >= 11 is 13.6. The van der Waals surface area contributed by atoms with Crippen LogP contribution in [-0.2, 0) is 11.2 Å². The van der Waals surface area contributed by atoms with Crippen molar-refractivity contribution in [1.29, 1.82) is 0 Å². The van der Waals surface area contributed by atoms with Crippen molar-refractivity contribution >= 4 is 46.4 Å². The van der Waals surface area contributed by atoms with E-state index in [9.17, 15) is 9.59 Å². The quantitative estimate of drug-likeness (QED) is 0.570. The van der Waals surface area contributed by atoms with Gasteiger partial charge < -0.3 is 9.80 Å². The van der Waals surface area contributed by atoms with Gasteiger partial charge in [-0.1, -0.05) is 41.4 Å². The van der Waals surface area contributed by atoms with Crippen molar-refractivity contribution in [3.63, 3.8) is 0 Å². The van der Waals surface area contributed by atoms with Crippen LogP contribution in [0.15, 0.2) is 53.9 Å². The van der Waals surface area contributed by atoms with Crippen LogP contribution in [0.25, 0.3) is 10.6 Å². The molecule has 0 saturated carbocycles. The number of carbonyl (C=O) groups is 2. The number of piperazine rings is 1. The van der Waals surface area contributed by atoms with E-state index in [1.54, 1.807) is 34.1 Å². The highest BCUT2D eigenvalue weighted by atomic mass is 35.5. The number of thiazole rings is 1. The Bertz CT molecular complexity index is 1060. The zero-order valence-corrected chi connectivity index (χ0v) is 18.4. The molecular weight excluding hydrogens is 441 g/mol. The van der Waals surface area contributed by atoms with E-state index in [4.69, 9.17) is 23.2 Å². The maximum atomic E-state index is 12.7. The van der Waals surface area contributed by atoms with Crippen LogP contribution in [0, 0.1) is 0 Å². The largest absolute Gasteiger partial charge is 0.339 e. The minimum Gasteiger partial charge on any atom is -0.339 e. The fourth-order valence-electron chi connectivity index (χ4n) is 3.35. The van der Waals surface area contributed by atoms with E-state index in [2.05, 4.69) is 4.98 Å². The minimum absolute atomic E-state index is 0.0181. The van der Waals surface area contributed by atoms with Crippen molar-refractivity contribution in [2.45, 2.75) is 6.42 Å². The van der Waals surface area contributed by atoms with Crippen LogP contribution in [-0.4, -0.2) is 52.8 Å². The van der Waals surface area contributed by atoms with Gasteiger partial charge in [-0.3, -0.25) is 9.59 Å². The Balaban J connectivity index is 1.33. The number of aromatic nitrogens is 1. The molecule has 0 radical (unpaired) electrons. The minimum atomic E-state index is -0.0392. The lowest BCUT2D eigenvalue weighted by Gasteiger charge is -2.34. The van der Waals surface area contributed by atoms with Crippen molar-refractivity contribution in [3.05, 3.63) is 75.2 Å². The molecule has 8 heteroatoms. The van der Waals surface area contributed by atoms with Crippen LogP contribution >= 0.6 is 34.5 Å². The molecule has 2 amide bonds. The van der Waals surface area contributed by atoms with Crippen LogP contribution in [0.4, 0.5) is 0 Å². The highest BCUT2D eigenvalue weighted by molar-refractivity contribution is 7.13. The number of carbonyl (C=O) groups excluding carboxylic acids is 2. The van der Waals surface area contributed by atoms with Crippen molar-refractivity contribution < 1.29 is 9.59 Å². The molecule has 0 spiro atoms. The molecule has 0 aliphatic carbocycles. The molecule has 154 valence electrons. The first-order valence-corrected chi connectivity index (χ1v) is 11.2. The molecule has 2 aromatic carbocycles. The Morgan fingerprint density at radius 2 is 1.60 bits per heavy atom. The predicted molar refractivity (Wildman–Crippen MR) is 120 cm³/mol. The Morgan fingerprint density at radius 3 is 2.30 bits per heavy atom. The van der Waals surface area contributed by atoms with Crippen molar-refractivity contribution in [1.82, 2.24) is 14.8 Å². The lowest BCUT2D eigenvalue weighted by molar-refractivity contribution is -0.132. The lowest BCUT2D eigenvalue weighted by Crippen LogP contribution is -2.51. The average Bonchev–Trinajstić information content (AvgIpc) is 3.22. The summed E-state index contributed by atoms with van der Waals surface area (Å²) in [7, 11) is 0. The van der Waals surface area contributed by atoms with Crippen LogP contribution < -0.4 is 0 Å². The smallest absolute Gasteiger partial charge is 0.253 e. The van der Waals surface area contributed by atoms with E-state index in [0.717, 1.165) is 16.3 Å². The van der Waals surface area contributed by atoms with Gasteiger partial charge in [0.05, 0.1) is 17.1 Å². The molecule has 30 heavy (non-hydrogen) atoms. The molecule has 1 aliphatic rings. The molecule has 1 saturated heterocycles. The van der Waals surface area contributed by atoms with Crippen LogP contribution in [0.2, 0.25) is 10.0 Å². The summed E-state index contributed by atoms with van der Waals surface area (Å²) in [4.78, 5) is 33.5. The standard InChI is InChI=1S/C22H19Cl2N3O2S/c23-16-7-5-15(6-8-16)22(29)27-11-9-26(10-12-27)20(28)13-17-14-30-21(25-17)18-3-1-2-4-19(18)24/h1-8,14H,9-13H2. The second kappa shape index (κ2) is 9.16. The lowest BCUT2D eigenvalue weighted by atomic mass is 10.1. The van der Waals surface area contributed by atoms with Gasteiger partial charge in [-0.05, 0) is 30.3 Å². The fraction of sp³-hybridized carbons (Fsp3) is 0.227. The SMILES string of the molecule is O=C(Cc1csc(-c2ccccc2Cl)n1)N1CCN(C(=O)c2ccc(Cl)cc2)CC1. The maximum Gasteiger partial charge on any atom is 0.253 e. The number of hydrogen-bond acceptors (Lipinski definition) is 4. The number of nitrogens with zero attached hydrogens (tertiary/aromatic N) is 3. The molecule has 0 N–H and O–H groups in total. The van der Waals surface area contributed by atoms with E-state index < -0.39 is 0 Å². The summed E-state index contributed by atoms with van der Waals surface area (Å²) < 4.78 is 0. The van der Waals surface area contributed by atoms with E-state index >= 15 is 0 Å². The van der Waals surface area contributed by atoms with E-state index in [1.807, 2.05) is 29.6 Å². The molecule has 0 unspecified atom stereocenters. The molecule has 1 aromatic heterocycles. The van der Waals surface area contributed by atoms with Gasteiger partial charge in [0, 0.05) is 47.7 Å². The van der Waals surface area contributed by atoms with Crippen molar-refractivity contribution in [3.8, 4) is 10.6 Å². The first kappa shape index (κ1) is 20.8. The van der Waals surface area contributed by atoms with Crippen molar-refractivity contribution in [2.24, 2.45) is 0 Å². The summed E-state index contributed by atoms with van der Waals surface area (Å²) in [5.74, 6) is -0.0211. The third kappa shape index (κ3) is 4.67. The van der Waals surface area contributed by atoms with Crippen molar-refractivity contribution in [2.75, 3.05) is 26.2 Å². The van der Waals surface area contributed by atoms with Crippen LogP contribution in [0.1, 0.15) is 16.1 Å². The molecule has 2 heterocycles. The number of halogens is 2. The predicted octanol–water partition coefficient (Wildman–Crippen LogP) is 4.64. The highest BCUT2D eigenvalue weighted by Gasteiger charge is 2.25.